The maximum atomic E-state index is 13.1. The summed E-state index contributed by atoms with van der Waals surface area (Å²) < 4.78 is 46.5. The zero-order valence-corrected chi connectivity index (χ0v) is 16.3. The van der Waals surface area contributed by atoms with Crippen LogP contribution in [0.3, 0.4) is 0 Å². The van der Waals surface area contributed by atoms with Gasteiger partial charge in [0.25, 0.3) is 0 Å². The number of nitrogens with zero attached hydrogens (tertiary/aromatic N) is 6. The molecule has 0 radical (unpaired) electrons. The average molecular weight is 498 g/mol. The van der Waals surface area contributed by atoms with Gasteiger partial charge in [-0.25, -0.2) is 24.9 Å². The first-order chi connectivity index (χ1) is 13.4. The van der Waals surface area contributed by atoms with E-state index in [1.807, 2.05) is 22.6 Å². The lowest BCUT2D eigenvalue weighted by Crippen LogP contribution is -2.06. The van der Waals surface area contributed by atoms with Gasteiger partial charge in [-0.15, -0.1) is 0 Å². The number of aromatic nitrogens is 6. The fraction of sp³-hybridized carbons (Fsp3) is 0.118. The number of imidazole rings is 1. The molecule has 0 saturated carbocycles. The fourth-order valence-electron chi connectivity index (χ4n) is 2.59. The van der Waals surface area contributed by atoms with Crippen LogP contribution in [0.4, 0.5) is 13.2 Å². The topological polar surface area (TPSA) is 78.6 Å². The van der Waals surface area contributed by atoms with Gasteiger partial charge in [0.1, 0.15) is 14.9 Å². The van der Waals surface area contributed by atoms with Crippen LogP contribution in [-0.4, -0.2) is 36.6 Å². The van der Waals surface area contributed by atoms with Gasteiger partial charge in [0.2, 0.25) is 5.88 Å². The van der Waals surface area contributed by atoms with E-state index in [9.17, 15) is 13.2 Å². The van der Waals surface area contributed by atoms with Crippen LogP contribution in [0.1, 0.15) is 5.56 Å². The van der Waals surface area contributed by atoms with Crippen molar-refractivity contribution in [2.45, 2.75) is 6.18 Å². The molecule has 142 valence electrons. The Balaban J connectivity index is 1.98. The molecule has 0 aliphatic carbocycles. The van der Waals surface area contributed by atoms with E-state index < -0.39 is 11.7 Å². The second-order valence-corrected chi connectivity index (χ2v) is 6.72. The largest absolute Gasteiger partial charge is 0.481 e. The Kier molecular flexibility index (Phi) is 4.61. The Morgan fingerprint density at radius 2 is 1.82 bits per heavy atom. The molecule has 4 aromatic rings. The van der Waals surface area contributed by atoms with Crippen LogP contribution in [0.5, 0.6) is 5.88 Å². The molecule has 0 bridgehead atoms. The second kappa shape index (κ2) is 6.96. The first-order valence-electron chi connectivity index (χ1n) is 7.81. The highest BCUT2D eigenvalue weighted by Crippen LogP contribution is 2.32. The molecule has 0 saturated heterocycles. The molecule has 0 aliphatic heterocycles. The summed E-state index contributed by atoms with van der Waals surface area (Å²) in [4.78, 5) is 21.0. The van der Waals surface area contributed by atoms with Crippen molar-refractivity contribution in [1.29, 1.82) is 0 Å². The maximum Gasteiger partial charge on any atom is 0.417 e. The van der Waals surface area contributed by atoms with Gasteiger partial charge in [0.05, 0.1) is 37.0 Å². The number of rotatable bonds is 3. The van der Waals surface area contributed by atoms with Gasteiger partial charge in [-0.1, -0.05) is 0 Å². The number of hydrogen-bond acceptors (Lipinski definition) is 6. The van der Waals surface area contributed by atoms with Crippen molar-refractivity contribution in [3.63, 3.8) is 0 Å². The van der Waals surface area contributed by atoms with Crippen LogP contribution in [0.2, 0.25) is 0 Å². The minimum Gasteiger partial charge on any atom is -0.481 e. The van der Waals surface area contributed by atoms with Crippen molar-refractivity contribution in [2.24, 2.45) is 0 Å². The van der Waals surface area contributed by atoms with Crippen molar-refractivity contribution in [3.05, 3.63) is 52.3 Å². The zero-order valence-electron chi connectivity index (χ0n) is 14.1. The quantitative estimate of drug-likeness (QED) is 0.399. The molecule has 0 spiro atoms. The van der Waals surface area contributed by atoms with E-state index in [-0.39, 0.29) is 11.2 Å². The first-order valence-corrected chi connectivity index (χ1v) is 8.89. The Bertz CT molecular complexity index is 1140. The second-order valence-electron chi connectivity index (χ2n) is 5.62. The molecular weight excluding hydrogens is 488 g/mol. The lowest BCUT2D eigenvalue weighted by molar-refractivity contribution is -0.137. The van der Waals surface area contributed by atoms with E-state index in [4.69, 9.17) is 4.74 Å². The SMILES string of the molecule is COc1ccc(-n2c(-c3cnc(I)cn3)nc3cc(C(F)(F)F)cnc32)cn1. The van der Waals surface area contributed by atoms with E-state index in [2.05, 4.69) is 24.9 Å². The molecule has 7 nitrogen and oxygen atoms in total. The summed E-state index contributed by atoms with van der Waals surface area (Å²) >= 11 is 2.01. The standard InChI is InChI=1S/C17H10F3IN6O/c1-28-14-3-2-10(6-24-14)27-15-11(4-9(5-25-15)17(18,19)20)26-16(27)12-7-23-13(21)8-22-12/h2-8H,1H3. The van der Waals surface area contributed by atoms with Crippen molar-refractivity contribution >= 4 is 33.8 Å². The van der Waals surface area contributed by atoms with Crippen LogP contribution in [0, 0.1) is 3.70 Å². The Morgan fingerprint density at radius 3 is 2.43 bits per heavy atom. The van der Waals surface area contributed by atoms with Crippen LogP contribution in [0.15, 0.2) is 43.0 Å². The van der Waals surface area contributed by atoms with Crippen molar-refractivity contribution in [2.75, 3.05) is 7.11 Å². The molecule has 4 aromatic heterocycles. The molecule has 4 rings (SSSR count). The Labute approximate surface area is 169 Å². The molecule has 0 atom stereocenters. The van der Waals surface area contributed by atoms with Gasteiger partial charge < -0.3 is 4.74 Å². The maximum absolute atomic E-state index is 13.1. The molecule has 0 fully saturated rings. The first kappa shape index (κ1) is 18.5. The molecule has 0 N–H and O–H groups in total. The summed E-state index contributed by atoms with van der Waals surface area (Å²) in [5.41, 5.74) is 0.391. The predicted molar refractivity (Wildman–Crippen MR) is 102 cm³/mol. The zero-order chi connectivity index (χ0) is 19.9. The van der Waals surface area contributed by atoms with Crippen LogP contribution >= 0.6 is 22.6 Å². The highest BCUT2D eigenvalue weighted by atomic mass is 127. The van der Waals surface area contributed by atoms with E-state index >= 15 is 0 Å². The molecule has 0 amide bonds. The van der Waals surface area contributed by atoms with Gasteiger partial charge in [-0.05, 0) is 34.7 Å². The molecule has 11 heteroatoms. The molecule has 0 aromatic carbocycles. The van der Waals surface area contributed by atoms with Gasteiger partial charge in [-0.3, -0.25) is 4.57 Å². The third kappa shape index (κ3) is 3.37. The normalized spacial score (nSPS) is 11.8. The van der Waals surface area contributed by atoms with Gasteiger partial charge in [0, 0.05) is 12.3 Å². The molecule has 0 unspecified atom stereocenters. The lowest BCUT2D eigenvalue weighted by atomic mass is 10.2. The van der Waals surface area contributed by atoms with Crippen LogP contribution in [0.25, 0.3) is 28.4 Å². The average Bonchev–Trinajstić information content (AvgIpc) is 3.06. The minimum absolute atomic E-state index is 0.0843. The number of halogens is 4. The Hall–Kier alpha value is -2.83. The highest BCUT2D eigenvalue weighted by Gasteiger charge is 2.32. The van der Waals surface area contributed by atoms with Gasteiger partial charge >= 0.3 is 6.18 Å². The van der Waals surface area contributed by atoms with Crippen molar-refractivity contribution in [3.8, 4) is 23.1 Å². The summed E-state index contributed by atoms with van der Waals surface area (Å²) in [6.45, 7) is 0. The summed E-state index contributed by atoms with van der Waals surface area (Å²) in [6, 6.07) is 4.30. The number of ether oxygens (including phenoxy) is 1. The Morgan fingerprint density at radius 1 is 1.00 bits per heavy atom. The lowest BCUT2D eigenvalue weighted by Gasteiger charge is -2.09. The smallest absolute Gasteiger partial charge is 0.417 e. The summed E-state index contributed by atoms with van der Waals surface area (Å²) in [6.07, 6.45) is 0.820. The number of alkyl halides is 3. The predicted octanol–water partition coefficient (Wildman–Crippen LogP) is 3.90. The molecular formula is C17H10F3IN6O. The minimum atomic E-state index is -4.52. The van der Waals surface area contributed by atoms with Crippen molar-refractivity contribution in [1.82, 2.24) is 29.5 Å². The number of fused-ring (bicyclic) bond motifs is 1. The monoisotopic (exact) mass is 498 g/mol. The summed E-state index contributed by atoms with van der Waals surface area (Å²) in [5.74, 6) is 0.703. The molecule has 0 aliphatic rings. The number of pyridine rings is 2. The van der Waals surface area contributed by atoms with E-state index in [1.54, 1.807) is 22.9 Å². The van der Waals surface area contributed by atoms with Gasteiger partial charge in [-0.2, -0.15) is 13.2 Å². The van der Waals surface area contributed by atoms with E-state index in [0.717, 1.165) is 12.3 Å². The van der Waals surface area contributed by atoms with Crippen LogP contribution < -0.4 is 4.74 Å². The highest BCUT2D eigenvalue weighted by molar-refractivity contribution is 14.1. The third-order valence-electron chi connectivity index (χ3n) is 3.86. The summed E-state index contributed by atoms with van der Waals surface area (Å²) in [5, 5.41) is 0. The van der Waals surface area contributed by atoms with Crippen molar-refractivity contribution < 1.29 is 17.9 Å². The fourth-order valence-corrected chi connectivity index (χ4v) is 2.87. The molecule has 28 heavy (non-hydrogen) atoms. The summed E-state index contributed by atoms with van der Waals surface area (Å²) in [7, 11) is 1.49. The van der Waals surface area contributed by atoms with E-state index in [1.165, 1.54) is 19.5 Å². The number of hydrogen-bond donors (Lipinski definition) is 0. The van der Waals surface area contributed by atoms with E-state index in [0.29, 0.717) is 26.8 Å². The number of methoxy groups -OCH3 is 1. The third-order valence-corrected chi connectivity index (χ3v) is 4.42. The van der Waals surface area contributed by atoms with Gasteiger partial charge in [0.15, 0.2) is 11.5 Å². The van der Waals surface area contributed by atoms with Crippen LogP contribution in [-0.2, 0) is 6.18 Å². The molecule has 4 heterocycles.